The van der Waals surface area contributed by atoms with Gasteiger partial charge in [-0.15, -0.1) is 0 Å². The molecule has 0 fully saturated rings. The Labute approximate surface area is 72.9 Å². The summed E-state index contributed by atoms with van der Waals surface area (Å²) < 4.78 is 1.22. The van der Waals surface area contributed by atoms with Gasteiger partial charge in [0.25, 0.3) is 0 Å². The van der Waals surface area contributed by atoms with Gasteiger partial charge in [-0.25, -0.2) is 4.57 Å². The predicted octanol–water partition coefficient (Wildman–Crippen LogP) is 1.32. The van der Waals surface area contributed by atoms with Crippen molar-refractivity contribution in [3.63, 3.8) is 0 Å². The van der Waals surface area contributed by atoms with Gasteiger partial charge in [0.05, 0.1) is 23.7 Å². The molecule has 7 nitrogen and oxygen atoms in total. The van der Waals surface area contributed by atoms with E-state index in [1.807, 2.05) is 0 Å². The van der Waals surface area contributed by atoms with Gasteiger partial charge in [0, 0.05) is 0 Å². The summed E-state index contributed by atoms with van der Waals surface area (Å²) in [6, 6.07) is 1.13. The van der Waals surface area contributed by atoms with Gasteiger partial charge in [0.1, 0.15) is 0 Å². The molecule has 0 radical (unpaired) electrons. The first-order valence-corrected chi connectivity index (χ1v) is 3.55. The molecule has 0 bridgehead atoms. The van der Waals surface area contributed by atoms with Crippen molar-refractivity contribution in [1.82, 2.24) is 4.57 Å². The van der Waals surface area contributed by atoms with Crippen molar-refractivity contribution in [2.45, 2.75) is 13.5 Å². The smallest absolute Gasteiger partial charge is 0.358 e. The van der Waals surface area contributed by atoms with Crippen LogP contribution in [0.4, 0.5) is 11.5 Å². The lowest BCUT2D eigenvalue weighted by Gasteiger charge is -1.96. The lowest BCUT2D eigenvalue weighted by Crippen LogP contribution is -2.01. The summed E-state index contributed by atoms with van der Waals surface area (Å²) >= 11 is 0. The summed E-state index contributed by atoms with van der Waals surface area (Å²) in [6.07, 6.45) is 1.33. The highest BCUT2D eigenvalue weighted by Gasteiger charge is 2.27. The average molecular weight is 185 g/mol. The lowest BCUT2D eigenvalue weighted by atomic mass is 10.5. The van der Waals surface area contributed by atoms with Crippen molar-refractivity contribution in [3.05, 3.63) is 32.5 Å². The van der Waals surface area contributed by atoms with Crippen molar-refractivity contribution in [2.24, 2.45) is 0 Å². The minimum Gasteiger partial charge on any atom is -0.358 e. The van der Waals surface area contributed by atoms with Gasteiger partial charge in [-0.1, -0.05) is 0 Å². The van der Waals surface area contributed by atoms with Crippen LogP contribution in [-0.4, -0.2) is 14.4 Å². The average Bonchev–Trinajstić information content (AvgIpc) is 2.46. The molecule has 1 rings (SSSR count). The molecule has 1 aromatic heterocycles. The second-order valence-electron chi connectivity index (χ2n) is 2.32. The Morgan fingerprint density at radius 3 is 2.38 bits per heavy atom. The fourth-order valence-corrected chi connectivity index (χ4v) is 1.05. The van der Waals surface area contributed by atoms with Crippen LogP contribution in [0.15, 0.2) is 12.3 Å². The number of aryl methyl sites for hydroxylation is 1. The van der Waals surface area contributed by atoms with Gasteiger partial charge in [0.2, 0.25) is 0 Å². The fraction of sp³-hybridized carbons (Fsp3) is 0.333. The molecule has 0 saturated carbocycles. The van der Waals surface area contributed by atoms with Gasteiger partial charge in [-0.05, 0) is 11.8 Å². The molecular formula is C6H7N3O4. The molecule has 0 aliphatic rings. The summed E-state index contributed by atoms with van der Waals surface area (Å²) in [6.45, 7) is 2.01. The summed E-state index contributed by atoms with van der Waals surface area (Å²) in [5.41, 5.74) is -0.466. The number of hydrogen-bond donors (Lipinski definition) is 0. The van der Waals surface area contributed by atoms with E-state index in [9.17, 15) is 20.2 Å². The van der Waals surface area contributed by atoms with Crippen LogP contribution in [0.3, 0.4) is 0 Å². The molecule has 1 heterocycles. The van der Waals surface area contributed by atoms with Crippen LogP contribution in [0.1, 0.15) is 6.92 Å². The Kier molecular flexibility index (Phi) is 2.27. The molecule has 7 heteroatoms. The van der Waals surface area contributed by atoms with E-state index in [2.05, 4.69) is 0 Å². The number of nitrogens with zero attached hydrogens (tertiary/aromatic N) is 3. The van der Waals surface area contributed by atoms with Crippen LogP contribution >= 0.6 is 0 Å². The minimum atomic E-state index is -0.760. The topological polar surface area (TPSA) is 91.2 Å². The zero-order chi connectivity index (χ0) is 10.0. The van der Waals surface area contributed by atoms with Gasteiger partial charge in [0.15, 0.2) is 0 Å². The molecule has 13 heavy (non-hydrogen) atoms. The van der Waals surface area contributed by atoms with E-state index >= 15 is 0 Å². The first kappa shape index (κ1) is 9.17. The maximum atomic E-state index is 10.4. The van der Waals surface area contributed by atoms with Crippen molar-refractivity contribution >= 4 is 11.5 Å². The van der Waals surface area contributed by atoms with E-state index in [0.717, 1.165) is 6.07 Å². The Morgan fingerprint density at radius 1 is 1.38 bits per heavy atom. The molecule has 0 amide bonds. The standard InChI is InChI=1S/C6H7N3O4/c1-2-7-4-3-5(8(10)11)6(7)9(12)13/h3-4H,2H2,1H3. The third-order valence-corrected chi connectivity index (χ3v) is 1.62. The molecule has 0 aliphatic carbocycles. The van der Waals surface area contributed by atoms with E-state index in [1.165, 1.54) is 10.8 Å². The van der Waals surface area contributed by atoms with Gasteiger partial charge in [-0.3, -0.25) is 10.1 Å². The minimum absolute atomic E-state index is 0.337. The highest BCUT2D eigenvalue weighted by Crippen LogP contribution is 2.27. The predicted molar refractivity (Wildman–Crippen MR) is 43.4 cm³/mol. The van der Waals surface area contributed by atoms with Crippen LogP contribution in [0.5, 0.6) is 0 Å². The normalized spacial score (nSPS) is 9.92. The Bertz CT molecular complexity index is 357. The quantitative estimate of drug-likeness (QED) is 0.524. The van der Waals surface area contributed by atoms with Crippen LogP contribution in [0, 0.1) is 20.2 Å². The second kappa shape index (κ2) is 3.21. The molecular weight excluding hydrogens is 178 g/mol. The SMILES string of the molecule is CCn1ccc([N+](=O)[O-])c1[N+](=O)[O-]. The van der Waals surface area contributed by atoms with Crippen LogP contribution in [-0.2, 0) is 6.54 Å². The zero-order valence-corrected chi connectivity index (χ0v) is 6.84. The van der Waals surface area contributed by atoms with Gasteiger partial charge >= 0.3 is 11.5 Å². The maximum absolute atomic E-state index is 10.4. The van der Waals surface area contributed by atoms with Crippen molar-refractivity contribution < 1.29 is 9.85 Å². The maximum Gasteiger partial charge on any atom is 0.401 e. The summed E-state index contributed by atoms with van der Waals surface area (Å²) in [7, 11) is 0. The molecule has 1 aromatic rings. The van der Waals surface area contributed by atoms with E-state index < -0.39 is 21.4 Å². The number of rotatable bonds is 3. The Hall–Kier alpha value is -1.92. The van der Waals surface area contributed by atoms with Crippen molar-refractivity contribution in [1.29, 1.82) is 0 Å². The van der Waals surface area contributed by atoms with Crippen molar-refractivity contribution in [2.75, 3.05) is 0 Å². The lowest BCUT2D eigenvalue weighted by molar-refractivity contribution is -0.426. The molecule has 0 aliphatic heterocycles. The van der Waals surface area contributed by atoms with Crippen LogP contribution in [0.25, 0.3) is 0 Å². The molecule has 0 aromatic carbocycles. The van der Waals surface area contributed by atoms with E-state index in [1.54, 1.807) is 6.92 Å². The highest BCUT2D eigenvalue weighted by atomic mass is 16.6. The number of hydrogen-bond acceptors (Lipinski definition) is 4. The fourth-order valence-electron chi connectivity index (χ4n) is 1.05. The molecule has 0 atom stereocenters. The summed E-state index contributed by atoms with van der Waals surface area (Å²) in [4.78, 5) is 19.3. The number of aromatic nitrogens is 1. The molecule has 0 saturated heterocycles. The second-order valence-corrected chi connectivity index (χ2v) is 2.32. The molecule has 0 spiro atoms. The van der Waals surface area contributed by atoms with Crippen LogP contribution < -0.4 is 0 Å². The summed E-state index contributed by atoms with van der Waals surface area (Å²) in [5, 5.41) is 20.8. The third-order valence-electron chi connectivity index (χ3n) is 1.62. The Morgan fingerprint density at radius 2 is 2.00 bits per heavy atom. The first-order chi connectivity index (χ1) is 6.07. The first-order valence-electron chi connectivity index (χ1n) is 3.55. The molecule has 70 valence electrons. The largest absolute Gasteiger partial charge is 0.401 e. The molecule has 0 N–H and O–H groups in total. The molecule has 0 unspecified atom stereocenters. The Balaban J connectivity index is 3.30. The third kappa shape index (κ3) is 1.48. The highest BCUT2D eigenvalue weighted by molar-refractivity contribution is 5.48. The number of nitro groups is 2. The monoisotopic (exact) mass is 185 g/mol. The zero-order valence-electron chi connectivity index (χ0n) is 6.84. The summed E-state index contributed by atoms with van der Waals surface area (Å²) in [5.74, 6) is -0.465. The van der Waals surface area contributed by atoms with Gasteiger partial charge in [-0.2, -0.15) is 0 Å². The van der Waals surface area contributed by atoms with Gasteiger partial charge < -0.3 is 10.1 Å². The van der Waals surface area contributed by atoms with Crippen molar-refractivity contribution in [3.8, 4) is 0 Å². The van der Waals surface area contributed by atoms with E-state index in [4.69, 9.17) is 0 Å². The van der Waals surface area contributed by atoms with E-state index in [-0.39, 0.29) is 0 Å². The van der Waals surface area contributed by atoms with E-state index in [0.29, 0.717) is 6.54 Å². The van der Waals surface area contributed by atoms with Crippen LogP contribution in [0.2, 0.25) is 0 Å².